The number of carbonyl (C=O) groups excluding carboxylic acids is 2. The zero-order chi connectivity index (χ0) is 14.0. The van der Waals surface area contributed by atoms with E-state index in [2.05, 4.69) is 17.9 Å². The Labute approximate surface area is 118 Å². The van der Waals surface area contributed by atoms with Crippen LogP contribution in [0.3, 0.4) is 0 Å². The number of thiol groups is 1. The van der Waals surface area contributed by atoms with Crippen molar-refractivity contribution < 1.29 is 9.59 Å². The predicted molar refractivity (Wildman–Crippen MR) is 78.8 cm³/mol. The van der Waals surface area contributed by atoms with Gasteiger partial charge in [-0.3, -0.25) is 9.59 Å². The Bertz CT molecular complexity index is 485. The third-order valence-corrected chi connectivity index (χ3v) is 3.31. The first-order valence-corrected chi connectivity index (χ1v) is 6.88. The van der Waals surface area contributed by atoms with Gasteiger partial charge in [0.15, 0.2) is 0 Å². The molecule has 4 nitrogen and oxygen atoms in total. The molecule has 0 radical (unpaired) electrons. The molecule has 1 saturated heterocycles. The van der Waals surface area contributed by atoms with E-state index in [1.165, 1.54) is 0 Å². The molecule has 1 aliphatic heterocycles. The molecule has 1 heterocycles. The van der Waals surface area contributed by atoms with Crippen LogP contribution < -0.4 is 10.2 Å². The van der Waals surface area contributed by atoms with Crippen LogP contribution in [0.25, 0.3) is 0 Å². The summed E-state index contributed by atoms with van der Waals surface area (Å²) in [6.45, 7) is 4.46. The first-order valence-electron chi connectivity index (χ1n) is 6.36. The highest BCUT2D eigenvalue weighted by Gasteiger charge is 2.28. The monoisotopic (exact) mass is 278 g/mol. The van der Waals surface area contributed by atoms with Crippen molar-refractivity contribution in [3.63, 3.8) is 0 Å². The lowest BCUT2D eigenvalue weighted by Gasteiger charge is -2.16. The highest BCUT2D eigenvalue weighted by Crippen LogP contribution is 2.24. The van der Waals surface area contributed by atoms with Crippen LogP contribution in [0.5, 0.6) is 0 Å². The third kappa shape index (κ3) is 3.29. The maximum absolute atomic E-state index is 11.8. The van der Waals surface area contributed by atoms with E-state index >= 15 is 0 Å². The number of hydrogen-bond donors (Lipinski definition) is 2. The Morgan fingerprint density at radius 2 is 2.00 bits per heavy atom. The molecule has 5 heteroatoms. The highest BCUT2D eigenvalue weighted by atomic mass is 32.1. The van der Waals surface area contributed by atoms with Gasteiger partial charge < -0.3 is 10.2 Å². The van der Waals surface area contributed by atoms with Crippen LogP contribution in [0.1, 0.15) is 30.6 Å². The third-order valence-electron chi connectivity index (χ3n) is 2.97. The molecular formula is C14H18N2O2S. The van der Waals surface area contributed by atoms with Crippen molar-refractivity contribution in [2.45, 2.75) is 31.6 Å². The molecule has 1 unspecified atom stereocenters. The number of anilines is 1. The molecule has 1 aromatic carbocycles. The van der Waals surface area contributed by atoms with Gasteiger partial charge in [0.05, 0.1) is 0 Å². The molecule has 19 heavy (non-hydrogen) atoms. The SMILES string of the molecule is CC(C)NC(=O)c1ccc(N2CC(S)CC2=O)cc1. The Hall–Kier alpha value is -1.49. The second kappa shape index (κ2) is 5.65. The molecule has 0 saturated carbocycles. The summed E-state index contributed by atoms with van der Waals surface area (Å²) in [4.78, 5) is 25.3. The molecule has 2 rings (SSSR count). The Morgan fingerprint density at radius 3 is 2.47 bits per heavy atom. The molecule has 1 N–H and O–H groups in total. The van der Waals surface area contributed by atoms with E-state index in [0.29, 0.717) is 18.5 Å². The molecule has 0 spiro atoms. The minimum atomic E-state index is -0.0960. The van der Waals surface area contributed by atoms with Crippen LogP contribution >= 0.6 is 12.6 Å². The number of rotatable bonds is 3. The van der Waals surface area contributed by atoms with Gasteiger partial charge in [0.2, 0.25) is 5.91 Å². The molecule has 0 bridgehead atoms. The van der Waals surface area contributed by atoms with Crippen LogP contribution in [0.15, 0.2) is 24.3 Å². The smallest absolute Gasteiger partial charge is 0.251 e. The van der Waals surface area contributed by atoms with Crippen molar-refractivity contribution >= 4 is 30.1 Å². The van der Waals surface area contributed by atoms with Gasteiger partial charge in [-0.2, -0.15) is 12.6 Å². The van der Waals surface area contributed by atoms with Crippen molar-refractivity contribution in [1.82, 2.24) is 5.32 Å². The molecular weight excluding hydrogens is 260 g/mol. The fourth-order valence-electron chi connectivity index (χ4n) is 2.08. The predicted octanol–water partition coefficient (Wildman–Crippen LogP) is 1.86. The van der Waals surface area contributed by atoms with Crippen molar-refractivity contribution in [2.24, 2.45) is 0 Å². The van der Waals surface area contributed by atoms with Gasteiger partial charge in [-0.1, -0.05) is 0 Å². The lowest BCUT2D eigenvalue weighted by atomic mass is 10.1. The van der Waals surface area contributed by atoms with Gasteiger partial charge >= 0.3 is 0 Å². The molecule has 1 fully saturated rings. The Morgan fingerprint density at radius 1 is 1.37 bits per heavy atom. The minimum absolute atomic E-state index is 0.0828. The van der Waals surface area contributed by atoms with Crippen LogP contribution in [0.2, 0.25) is 0 Å². The van der Waals surface area contributed by atoms with E-state index in [1.807, 2.05) is 13.8 Å². The second-order valence-electron chi connectivity index (χ2n) is 5.04. The molecule has 1 aromatic rings. The number of nitrogens with zero attached hydrogens (tertiary/aromatic N) is 1. The molecule has 0 aromatic heterocycles. The molecule has 1 atom stereocenters. The maximum Gasteiger partial charge on any atom is 0.251 e. The topological polar surface area (TPSA) is 49.4 Å². The molecule has 2 amide bonds. The molecule has 102 valence electrons. The number of nitrogens with one attached hydrogen (secondary N) is 1. The van der Waals surface area contributed by atoms with E-state index < -0.39 is 0 Å². The summed E-state index contributed by atoms with van der Waals surface area (Å²) in [7, 11) is 0. The first kappa shape index (κ1) is 13.9. The zero-order valence-corrected chi connectivity index (χ0v) is 12.0. The van der Waals surface area contributed by atoms with E-state index in [4.69, 9.17) is 0 Å². The number of benzene rings is 1. The summed E-state index contributed by atoms with van der Waals surface area (Å²) < 4.78 is 0. The van der Waals surface area contributed by atoms with E-state index in [9.17, 15) is 9.59 Å². The van der Waals surface area contributed by atoms with Crippen molar-refractivity contribution in [2.75, 3.05) is 11.4 Å². The summed E-state index contributed by atoms with van der Waals surface area (Å²) in [5.41, 5.74) is 1.43. The summed E-state index contributed by atoms with van der Waals surface area (Å²) in [6.07, 6.45) is 0.471. The quantitative estimate of drug-likeness (QED) is 0.829. The lowest BCUT2D eigenvalue weighted by molar-refractivity contribution is -0.117. The van der Waals surface area contributed by atoms with Crippen molar-refractivity contribution in [1.29, 1.82) is 0 Å². The summed E-state index contributed by atoms with van der Waals surface area (Å²) in [5.74, 6) is -0.0132. The van der Waals surface area contributed by atoms with Crippen LogP contribution in [0, 0.1) is 0 Å². The average Bonchev–Trinajstić information content (AvgIpc) is 2.68. The lowest BCUT2D eigenvalue weighted by Crippen LogP contribution is -2.30. The minimum Gasteiger partial charge on any atom is -0.350 e. The van der Waals surface area contributed by atoms with E-state index in [0.717, 1.165) is 5.69 Å². The second-order valence-corrected chi connectivity index (χ2v) is 5.77. The maximum atomic E-state index is 11.8. The number of carbonyl (C=O) groups is 2. The van der Waals surface area contributed by atoms with Gasteiger partial charge in [-0.05, 0) is 38.1 Å². The molecule has 0 aliphatic carbocycles. The Kier molecular flexibility index (Phi) is 4.14. The van der Waals surface area contributed by atoms with Gasteiger partial charge in [0.25, 0.3) is 5.91 Å². The fraction of sp³-hybridized carbons (Fsp3) is 0.429. The van der Waals surface area contributed by atoms with Crippen molar-refractivity contribution in [3.05, 3.63) is 29.8 Å². The number of hydrogen-bond acceptors (Lipinski definition) is 3. The van der Waals surface area contributed by atoms with E-state index in [1.54, 1.807) is 29.2 Å². The average molecular weight is 278 g/mol. The van der Waals surface area contributed by atoms with Gasteiger partial charge in [0.1, 0.15) is 0 Å². The largest absolute Gasteiger partial charge is 0.350 e. The summed E-state index contributed by atoms with van der Waals surface area (Å²) in [5, 5.41) is 2.93. The van der Waals surface area contributed by atoms with Crippen LogP contribution in [-0.2, 0) is 4.79 Å². The van der Waals surface area contributed by atoms with E-state index in [-0.39, 0.29) is 23.1 Å². The Balaban J connectivity index is 2.10. The number of amides is 2. The normalized spacial score (nSPS) is 19.1. The van der Waals surface area contributed by atoms with Gasteiger partial charge in [-0.15, -0.1) is 0 Å². The van der Waals surface area contributed by atoms with Crippen LogP contribution in [-0.4, -0.2) is 29.7 Å². The first-order chi connectivity index (χ1) is 8.97. The molecule has 1 aliphatic rings. The fourth-order valence-corrected chi connectivity index (χ4v) is 2.40. The van der Waals surface area contributed by atoms with Crippen LogP contribution in [0.4, 0.5) is 5.69 Å². The summed E-state index contributed by atoms with van der Waals surface area (Å²) >= 11 is 4.33. The van der Waals surface area contributed by atoms with Gasteiger partial charge in [-0.25, -0.2) is 0 Å². The van der Waals surface area contributed by atoms with Crippen molar-refractivity contribution in [3.8, 4) is 0 Å². The zero-order valence-electron chi connectivity index (χ0n) is 11.1. The standard InChI is InChI=1S/C14H18N2O2S/c1-9(2)15-14(18)10-3-5-11(6-4-10)16-8-12(19)7-13(16)17/h3-6,9,12,19H,7-8H2,1-2H3,(H,15,18). The van der Waals surface area contributed by atoms with Gasteiger partial charge in [0, 0.05) is 35.5 Å². The summed E-state index contributed by atoms with van der Waals surface area (Å²) in [6, 6.07) is 7.20. The highest BCUT2D eigenvalue weighted by molar-refractivity contribution is 7.81.